The van der Waals surface area contributed by atoms with Gasteiger partial charge in [0, 0.05) is 23.9 Å². The van der Waals surface area contributed by atoms with E-state index in [1.807, 2.05) is 0 Å². The zero-order chi connectivity index (χ0) is 13.0. The topological polar surface area (TPSA) is 88.3 Å². The van der Waals surface area contributed by atoms with Gasteiger partial charge in [0.25, 0.3) is 5.69 Å². The molecule has 0 amide bonds. The van der Waals surface area contributed by atoms with E-state index < -0.39 is 11.2 Å². The quantitative estimate of drug-likeness (QED) is 0.489. The van der Waals surface area contributed by atoms with Gasteiger partial charge in [-0.05, 0) is 24.3 Å². The lowest BCUT2D eigenvalue weighted by molar-refractivity contribution is -0.384. The molecule has 2 N–H and O–H groups in total. The fourth-order valence-corrected chi connectivity index (χ4v) is 1.45. The highest BCUT2D eigenvalue weighted by Gasteiger charge is 2.10. The molecule has 1 aromatic carbocycles. The summed E-state index contributed by atoms with van der Waals surface area (Å²) in [4.78, 5) is 14.0. The molecule has 0 radical (unpaired) electrons. The van der Waals surface area contributed by atoms with Crippen molar-refractivity contribution < 1.29 is 10.0 Å². The lowest BCUT2D eigenvalue weighted by atomic mass is 10.2. The summed E-state index contributed by atoms with van der Waals surface area (Å²) in [5.74, 6) is 0.531. The number of hydrogen-bond donors (Lipinski definition) is 2. The molecule has 1 aromatic heterocycles. The maximum Gasteiger partial charge on any atom is 0.269 e. The summed E-state index contributed by atoms with van der Waals surface area (Å²) in [5, 5.41) is 23.2. The standard InChI is InChI=1S/C12H11N3O3/c16-12(14-11-3-1-2-8-13-11)9-4-6-10(7-5-9)15(17)18/h1-8,12,16H,(H,13,14). The number of aliphatic hydroxyl groups excluding tert-OH is 1. The number of rotatable bonds is 4. The summed E-state index contributed by atoms with van der Waals surface area (Å²) < 4.78 is 0. The molecule has 0 saturated carbocycles. The highest BCUT2D eigenvalue weighted by molar-refractivity contribution is 5.39. The van der Waals surface area contributed by atoms with E-state index in [0.29, 0.717) is 11.4 Å². The van der Waals surface area contributed by atoms with Gasteiger partial charge < -0.3 is 10.4 Å². The Morgan fingerprint density at radius 2 is 1.94 bits per heavy atom. The fourth-order valence-electron chi connectivity index (χ4n) is 1.45. The van der Waals surface area contributed by atoms with Crippen LogP contribution in [0.2, 0.25) is 0 Å². The summed E-state index contributed by atoms with van der Waals surface area (Å²) >= 11 is 0. The molecule has 2 rings (SSSR count). The van der Waals surface area contributed by atoms with Crippen LogP contribution in [0.15, 0.2) is 48.7 Å². The van der Waals surface area contributed by atoms with Crippen molar-refractivity contribution in [2.45, 2.75) is 6.23 Å². The van der Waals surface area contributed by atoms with Crippen molar-refractivity contribution in [1.82, 2.24) is 4.98 Å². The minimum Gasteiger partial charge on any atom is -0.369 e. The van der Waals surface area contributed by atoms with Crippen LogP contribution >= 0.6 is 0 Å². The van der Waals surface area contributed by atoms with E-state index in [2.05, 4.69) is 10.3 Å². The number of non-ortho nitro benzene ring substituents is 1. The van der Waals surface area contributed by atoms with Crippen LogP contribution in [0, 0.1) is 10.1 Å². The monoisotopic (exact) mass is 245 g/mol. The fraction of sp³-hybridized carbons (Fsp3) is 0.0833. The smallest absolute Gasteiger partial charge is 0.269 e. The van der Waals surface area contributed by atoms with Crippen molar-refractivity contribution in [3.05, 3.63) is 64.3 Å². The average Bonchev–Trinajstić information content (AvgIpc) is 2.40. The first-order valence-corrected chi connectivity index (χ1v) is 5.27. The Morgan fingerprint density at radius 1 is 1.22 bits per heavy atom. The summed E-state index contributed by atoms with van der Waals surface area (Å²) in [7, 11) is 0. The van der Waals surface area contributed by atoms with Gasteiger partial charge in [-0.1, -0.05) is 6.07 Å². The minimum atomic E-state index is -0.958. The Morgan fingerprint density at radius 3 is 2.50 bits per heavy atom. The molecule has 0 bridgehead atoms. The minimum absolute atomic E-state index is 0.0104. The zero-order valence-corrected chi connectivity index (χ0v) is 9.35. The molecule has 1 unspecified atom stereocenters. The van der Waals surface area contributed by atoms with Crippen LogP contribution in [0.5, 0.6) is 0 Å². The first kappa shape index (κ1) is 12.0. The molecule has 0 spiro atoms. The van der Waals surface area contributed by atoms with Crippen LogP contribution in [0.4, 0.5) is 11.5 Å². The van der Waals surface area contributed by atoms with Gasteiger partial charge in [-0.15, -0.1) is 0 Å². The maximum absolute atomic E-state index is 10.5. The summed E-state index contributed by atoms with van der Waals surface area (Å²) in [6.45, 7) is 0. The zero-order valence-electron chi connectivity index (χ0n) is 9.35. The number of benzene rings is 1. The number of pyridine rings is 1. The molecular formula is C12H11N3O3. The molecule has 6 nitrogen and oxygen atoms in total. The van der Waals surface area contributed by atoms with Crippen LogP contribution < -0.4 is 5.32 Å². The normalized spacial score (nSPS) is 11.8. The van der Waals surface area contributed by atoms with E-state index in [1.165, 1.54) is 24.3 Å². The number of nitro benzene ring substituents is 1. The van der Waals surface area contributed by atoms with E-state index in [9.17, 15) is 15.2 Å². The van der Waals surface area contributed by atoms with Gasteiger partial charge in [0.15, 0.2) is 6.23 Å². The summed E-state index contributed by atoms with van der Waals surface area (Å²) in [6, 6.07) is 11.0. The van der Waals surface area contributed by atoms with Gasteiger partial charge in [-0.25, -0.2) is 4.98 Å². The molecule has 18 heavy (non-hydrogen) atoms. The molecule has 1 heterocycles. The average molecular weight is 245 g/mol. The Bertz CT molecular complexity index is 528. The van der Waals surface area contributed by atoms with Crippen molar-refractivity contribution in [1.29, 1.82) is 0 Å². The third-order valence-electron chi connectivity index (χ3n) is 2.37. The Labute approximate surface area is 103 Å². The second-order valence-corrected chi connectivity index (χ2v) is 3.61. The van der Waals surface area contributed by atoms with E-state index in [0.717, 1.165) is 0 Å². The van der Waals surface area contributed by atoms with Crippen LogP contribution in [0.25, 0.3) is 0 Å². The SMILES string of the molecule is O=[N+]([O-])c1ccc(C(O)Nc2ccccn2)cc1. The van der Waals surface area contributed by atoms with E-state index in [1.54, 1.807) is 24.4 Å². The van der Waals surface area contributed by atoms with Gasteiger partial charge in [0.05, 0.1) is 4.92 Å². The molecule has 92 valence electrons. The highest BCUT2D eigenvalue weighted by atomic mass is 16.6. The van der Waals surface area contributed by atoms with Crippen LogP contribution in [0.3, 0.4) is 0 Å². The number of nitro groups is 1. The highest BCUT2D eigenvalue weighted by Crippen LogP contribution is 2.18. The predicted octanol–water partition coefficient (Wildman–Crippen LogP) is 2.09. The van der Waals surface area contributed by atoms with Gasteiger partial charge in [-0.3, -0.25) is 10.1 Å². The molecule has 0 aliphatic heterocycles. The van der Waals surface area contributed by atoms with Gasteiger partial charge in [-0.2, -0.15) is 0 Å². The third-order valence-corrected chi connectivity index (χ3v) is 2.37. The number of aliphatic hydroxyl groups is 1. The number of nitrogens with one attached hydrogen (secondary N) is 1. The van der Waals surface area contributed by atoms with Crippen molar-refractivity contribution >= 4 is 11.5 Å². The molecule has 2 aromatic rings. The molecule has 0 aliphatic carbocycles. The van der Waals surface area contributed by atoms with Crippen molar-refractivity contribution in [2.75, 3.05) is 5.32 Å². The molecule has 6 heteroatoms. The van der Waals surface area contributed by atoms with Gasteiger partial charge >= 0.3 is 0 Å². The predicted molar refractivity (Wildman–Crippen MR) is 65.9 cm³/mol. The van der Waals surface area contributed by atoms with E-state index in [4.69, 9.17) is 0 Å². The van der Waals surface area contributed by atoms with Crippen molar-refractivity contribution in [3.8, 4) is 0 Å². The van der Waals surface area contributed by atoms with Crippen LogP contribution in [-0.2, 0) is 0 Å². The van der Waals surface area contributed by atoms with Crippen LogP contribution in [-0.4, -0.2) is 15.0 Å². The lowest BCUT2D eigenvalue weighted by Crippen LogP contribution is -2.10. The number of aromatic nitrogens is 1. The van der Waals surface area contributed by atoms with E-state index >= 15 is 0 Å². The second kappa shape index (κ2) is 5.24. The Hall–Kier alpha value is -2.47. The maximum atomic E-state index is 10.5. The first-order valence-electron chi connectivity index (χ1n) is 5.27. The van der Waals surface area contributed by atoms with Crippen molar-refractivity contribution in [3.63, 3.8) is 0 Å². The van der Waals surface area contributed by atoms with Gasteiger partial charge in [0.1, 0.15) is 5.82 Å². The molecule has 0 saturated heterocycles. The molecule has 1 atom stereocenters. The van der Waals surface area contributed by atoms with E-state index in [-0.39, 0.29) is 5.69 Å². The molecule has 0 aliphatic rings. The lowest BCUT2D eigenvalue weighted by Gasteiger charge is -2.13. The van der Waals surface area contributed by atoms with Crippen LogP contribution in [0.1, 0.15) is 11.8 Å². The Balaban J connectivity index is 2.09. The Kier molecular flexibility index (Phi) is 3.49. The number of nitrogens with zero attached hydrogens (tertiary/aromatic N) is 2. The number of anilines is 1. The third kappa shape index (κ3) is 2.80. The molecular weight excluding hydrogens is 234 g/mol. The number of hydrogen-bond acceptors (Lipinski definition) is 5. The second-order valence-electron chi connectivity index (χ2n) is 3.61. The molecule has 0 fully saturated rings. The first-order chi connectivity index (χ1) is 8.66. The largest absolute Gasteiger partial charge is 0.369 e. The van der Waals surface area contributed by atoms with Crippen molar-refractivity contribution in [2.24, 2.45) is 0 Å². The summed E-state index contributed by atoms with van der Waals surface area (Å²) in [6.07, 6.45) is 0.644. The van der Waals surface area contributed by atoms with Gasteiger partial charge in [0.2, 0.25) is 0 Å². The summed E-state index contributed by atoms with van der Waals surface area (Å²) in [5.41, 5.74) is 0.523.